The summed E-state index contributed by atoms with van der Waals surface area (Å²) in [5.74, 6) is 1.51. The van der Waals surface area contributed by atoms with Crippen LogP contribution in [0, 0.1) is 5.92 Å². The number of hydrogen-bond donors (Lipinski definition) is 1. The molecule has 13 heavy (non-hydrogen) atoms. The zero-order valence-electron chi connectivity index (χ0n) is 7.57. The van der Waals surface area contributed by atoms with Crippen LogP contribution in [0.4, 0.5) is 0 Å². The highest BCUT2D eigenvalue weighted by Crippen LogP contribution is 2.40. The van der Waals surface area contributed by atoms with Crippen molar-refractivity contribution in [2.75, 3.05) is 6.54 Å². The van der Waals surface area contributed by atoms with E-state index in [4.69, 9.17) is 4.52 Å². The molecule has 1 aromatic heterocycles. The van der Waals surface area contributed by atoms with Crippen molar-refractivity contribution in [2.45, 2.75) is 31.2 Å². The van der Waals surface area contributed by atoms with Gasteiger partial charge in [-0.25, -0.2) is 0 Å². The van der Waals surface area contributed by atoms with Crippen molar-refractivity contribution in [3.05, 3.63) is 18.0 Å². The summed E-state index contributed by atoms with van der Waals surface area (Å²) in [5, 5.41) is 7.34. The van der Waals surface area contributed by atoms with Gasteiger partial charge in [0.2, 0.25) is 0 Å². The van der Waals surface area contributed by atoms with Crippen LogP contribution < -0.4 is 5.32 Å². The Balaban J connectivity index is 1.84. The summed E-state index contributed by atoms with van der Waals surface area (Å²) < 4.78 is 4.90. The number of fused-ring (bicyclic) bond motifs is 2. The summed E-state index contributed by atoms with van der Waals surface area (Å²) in [7, 11) is 0. The third-order valence-electron chi connectivity index (χ3n) is 3.53. The Morgan fingerprint density at radius 1 is 1.46 bits per heavy atom. The van der Waals surface area contributed by atoms with Crippen LogP contribution in [0.25, 0.3) is 0 Å². The van der Waals surface area contributed by atoms with E-state index in [1.165, 1.54) is 31.4 Å². The van der Waals surface area contributed by atoms with Gasteiger partial charge in [0.05, 0.1) is 6.20 Å². The van der Waals surface area contributed by atoms with Gasteiger partial charge < -0.3 is 9.84 Å². The number of nitrogens with one attached hydrogen (secondary N) is 1. The summed E-state index contributed by atoms with van der Waals surface area (Å²) in [5.41, 5.74) is 1.30. The molecule has 0 radical (unpaired) electrons. The van der Waals surface area contributed by atoms with E-state index in [0.29, 0.717) is 5.92 Å². The lowest BCUT2D eigenvalue weighted by Gasteiger charge is -2.26. The van der Waals surface area contributed by atoms with Gasteiger partial charge in [-0.1, -0.05) is 5.16 Å². The lowest BCUT2D eigenvalue weighted by atomic mass is 9.77. The first-order valence-corrected chi connectivity index (χ1v) is 5.06. The van der Waals surface area contributed by atoms with E-state index < -0.39 is 0 Å². The van der Waals surface area contributed by atoms with Gasteiger partial charge in [-0.2, -0.15) is 0 Å². The molecule has 2 bridgehead atoms. The van der Waals surface area contributed by atoms with E-state index in [2.05, 4.69) is 10.5 Å². The van der Waals surface area contributed by atoms with Gasteiger partial charge >= 0.3 is 0 Å². The monoisotopic (exact) mass is 178 g/mol. The minimum absolute atomic E-state index is 0.692. The average Bonchev–Trinajstić information content (AvgIpc) is 2.77. The van der Waals surface area contributed by atoms with Gasteiger partial charge in [-0.3, -0.25) is 0 Å². The molecule has 1 aliphatic heterocycles. The maximum absolute atomic E-state index is 4.90. The maximum Gasteiger partial charge on any atom is 0.127 e. The third kappa shape index (κ3) is 1.18. The molecule has 1 aromatic rings. The second kappa shape index (κ2) is 2.84. The van der Waals surface area contributed by atoms with E-state index in [1.54, 1.807) is 0 Å². The summed E-state index contributed by atoms with van der Waals surface area (Å²) in [6.45, 7) is 1.18. The van der Waals surface area contributed by atoms with Crippen LogP contribution in [0.1, 0.15) is 30.7 Å². The van der Waals surface area contributed by atoms with Crippen LogP contribution in [0.2, 0.25) is 0 Å². The summed E-state index contributed by atoms with van der Waals surface area (Å²) in [6, 6.07) is 0.793. The third-order valence-corrected chi connectivity index (χ3v) is 3.53. The normalized spacial score (nSPS) is 38.0. The Bertz CT molecular complexity index is 283. The standard InChI is InChI=1S/C10H14N2O/c1-2-10(8-5-12-13-6-8)7-3-9(1)11-4-7/h5-7,9-11H,1-4H2. The maximum atomic E-state index is 4.90. The molecule has 2 heterocycles. The lowest BCUT2D eigenvalue weighted by molar-refractivity contribution is 0.352. The zero-order chi connectivity index (χ0) is 8.67. The van der Waals surface area contributed by atoms with Crippen LogP contribution in [-0.4, -0.2) is 17.7 Å². The Hall–Kier alpha value is -0.830. The smallest absolute Gasteiger partial charge is 0.127 e. The van der Waals surface area contributed by atoms with Gasteiger partial charge in [0, 0.05) is 11.6 Å². The molecular formula is C10H14N2O. The van der Waals surface area contributed by atoms with Crippen molar-refractivity contribution in [3.8, 4) is 0 Å². The van der Waals surface area contributed by atoms with Crippen molar-refractivity contribution in [3.63, 3.8) is 0 Å². The molecule has 3 rings (SSSR count). The topological polar surface area (TPSA) is 38.1 Å². The second-order valence-corrected chi connectivity index (χ2v) is 4.24. The van der Waals surface area contributed by atoms with Crippen LogP contribution in [0.15, 0.2) is 17.0 Å². The van der Waals surface area contributed by atoms with Crippen LogP contribution in [0.5, 0.6) is 0 Å². The SMILES string of the molecule is c1nocc1C1CCC2CC1CN2. The molecule has 1 aliphatic carbocycles. The van der Waals surface area contributed by atoms with Crippen molar-refractivity contribution in [1.29, 1.82) is 0 Å². The molecule has 1 saturated heterocycles. The van der Waals surface area contributed by atoms with Crippen molar-refractivity contribution < 1.29 is 4.52 Å². The van der Waals surface area contributed by atoms with Gasteiger partial charge in [-0.15, -0.1) is 0 Å². The quantitative estimate of drug-likeness (QED) is 0.708. The van der Waals surface area contributed by atoms with E-state index in [-0.39, 0.29) is 0 Å². The minimum atomic E-state index is 0.692. The van der Waals surface area contributed by atoms with Crippen LogP contribution in [0.3, 0.4) is 0 Å². The minimum Gasteiger partial charge on any atom is -0.364 e. The molecule has 70 valence electrons. The highest BCUT2D eigenvalue weighted by Gasteiger charge is 2.36. The molecule has 1 N–H and O–H groups in total. The molecule has 3 atom stereocenters. The largest absolute Gasteiger partial charge is 0.364 e. The number of aromatic nitrogens is 1. The molecule has 3 unspecified atom stereocenters. The van der Waals surface area contributed by atoms with Crippen LogP contribution >= 0.6 is 0 Å². The zero-order valence-corrected chi connectivity index (χ0v) is 7.57. The summed E-state index contributed by atoms with van der Waals surface area (Å²) >= 11 is 0. The molecule has 2 aliphatic rings. The molecule has 0 amide bonds. The molecule has 1 saturated carbocycles. The van der Waals surface area contributed by atoms with E-state index in [1.807, 2.05) is 12.5 Å². The summed E-state index contributed by atoms with van der Waals surface area (Å²) in [6.07, 6.45) is 7.64. The second-order valence-electron chi connectivity index (χ2n) is 4.24. The van der Waals surface area contributed by atoms with E-state index >= 15 is 0 Å². The van der Waals surface area contributed by atoms with E-state index in [0.717, 1.165) is 12.0 Å². The summed E-state index contributed by atoms with van der Waals surface area (Å²) in [4.78, 5) is 0. The highest BCUT2D eigenvalue weighted by atomic mass is 16.5. The van der Waals surface area contributed by atoms with Gasteiger partial charge in [0.15, 0.2) is 0 Å². The molecular weight excluding hydrogens is 164 g/mol. The van der Waals surface area contributed by atoms with Crippen LogP contribution in [-0.2, 0) is 0 Å². The number of nitrogens with zero attached hydrogens (tertiary/aromatic N) is 1. The van der Waals surface area contributed by atoms with Crippen molar-refractivity contribution in [2.24, 2.45) is 5.92 Å². The van der Waals surface area contributed by atoms with Gasteiger partial charge in [-0.05, 0) is 37.6 Å². The molecule has 3 nitrogen and oxygen atoms in total. The number of rotatable bonds is 1. The lowest BCUT2D eigenvalue weighted by Crippen LogP contribution is -2.22. The predicted molar refractivity (Wildman–Crippen MR) is 48.4 cm³/mol. The molecule has 3 heteroatoms. The van der Waals surface area contributed by atoms with Crippen molar-refractivity contribution >= 4 is 0 Å². The molecule has 0 aromatic carbocycles. The van der Waals surface area contributed by atoms with Gasteiger partial charge in [0.1, 0.15) is 6.26 Å². The fourth-order valence-corrected chi connectivity index (χ4v) is 2.83. The predicted octanol–water partition coefficient (Wildman–Crippen LogP) is 1.53. The first-order valence-electron chi connectivity index (χ1n) is 5.06. The highest BCUT2D eigenvalue weighted by molar-refractivity contribution is 5.14. The average molecular weight is 178 g/mol. The Kier molecular flexibility index (Phi) is 1.65. The van der Waals surface area contributed by atoms with Crippen molar-refractivity contribution in [1.82, 2.24) is 10.5 Å². The number of hydrogen-bond acceptors (Lipinski definition) is 3. The molecule has 2 fully saturated rings. The fraction of sp³-hybridized carbons (Fsp3) is 0.700. The Morgan fingerprint density at radius 3 is 3.31 bits per heavy atom. The van der Waals surface area contributed by atoms with E-state index in [9.17, 15) is 0 Å². The molecule has 0 spiro atoms. The first-order chi connectivity index (χ1) is 6.43. The Labute approximate surface area is 77.5 Å². The fourth-order valence-electron chi connectivity index (χ4n) is 2.83. The van der Waals surface area contributed by atoms with Gasteiger partial charge in [0.25, 0.3) is 0 Å². The first kappa shape index (κ1) is 7.56. The Morgan fingerprint density at radius 2 is 2.46 bits per heavy atom.